The second kappa shape index (κ2) is 11.8. The van der Waals surface area contributed by atoms with Crippen LogP contribution in [0.15, 0.2) is 71.5 Å². The van der Waals surface area contributed by atoms with Crippen LogP contribution in [-0.4, -0.2) is 26.4 Å². The van der Waals surface area contributed by atoms with Gasteiger partial charge in [-0.25, -0.2) is 9.78 Å². The first kappa shape index (κ1) is 23.2. The molecule has 1 heterocycles. The minimum absolute atomic E-state index is 0.328. The van der Waals surface area contributed by atoms with Crippen molar-refractivity contribution < 1.29 is 9.90 Å². The van der Waals surface area contributed by atoms with Gasteiger partial charge in [0.05, 0.1) is 18.4 Å². The molecule has 0 aliphatic heterocycles. The van der Waals surface area contributed by atoms with Gasteiger partial charge in [-0.3, -0.25) is 0 Å². The summed E-state index contributed by atoms with van der Waals surface area (Å²) in [6, 6.07) is 17.4. The van der Waals surface area contributed by atoms with Crippen LogP contribution in [0, 0.1) is 0 Å². The molecule has 162 valence electrons. The quantitative estimate of drug-likeness (QED) is 0.202. The standard InChI is InChI=1S/C25H27ClN2O2S/c1-2-3-9-14-31-25-27-17-22(28(25)18-20-12-7-8-13-23(20)26)16-21(24(29)30)15-19-10-5-4-6-11-19/h4-8,10-13,16-17H,2-3,9,14-15,18H2,1H3,(H,29,30)/b21-16+. The Hall–Kier alpha value is -2.50. The van der Waals surface area contributed by atoms with Crippen LogP contribution in [0.5, 0.6) is 0 Å². The fourth-order valence-electron chi connectivity index (χ4n) is 3.26. The van der Waals surface area contributed by atoms with Gasteiger partial charge in [0.25, 0.3) is 0 Å². The topological polar surface area (TPSA) is 55.1 Å². The fourth-order valence-corrected chi connectivity index (χ4v) is 4.44. The Bertz CT molecular complexity index is 1030. The Labute approximate surface area is 193 Å². The molecule has 0 amide bonds. The molecule has 1 N–H and O–H groups in total. The number of halogens is 1. The van der Waals surface area contributed by atoms with E-state index in [-0.39, 0.29) is 0 Å². The van der Waals surface area contributed by atoms with E-state index >= 15 is 0 Å². The zero-order valence-corrected chi connectivity index (χ0v) is 19.2. The van der Waals surface area contributed by atoms with Gasteiger partial charge in [0.2, 0.25) is 0 Å². The van der Waals surface area contributed by atoms with Crippen molar-refractivity contribution in [2.75, 3.05) is 5.75 Å². The maximum absolute atomic E-state index is 12.0. The molecule has 2 aromatic carbocycles. The van der Waals surface area contributed by atoms with E-state index in [1.165, 1.54) is 12.8 Å². The summed E-state index contributed by atoms with van der Waals surface area (Å²) >= 11 is 8.11. The molecule has 4 nitrogen and oxygen atoms in total. The number of hydrogen-bond acceptors (Lipinski definition) is 3. The van der Waals surface area contributed by atoms with Crippen LogP contribution in [0.2, 0.25) is 5.02 Å². The van der Waals surface area contributed by atoms with Gasteiger partial charge in [-0.1, -0.05) is 91.7 Å². The highest BCUT2D eigenvalue weighted by atomic mass is 35.5. The van der Waals surface area contributed by atoms with E-state index in [1.54, 1.807) is 24.0 Å². The highest BCUT2D eigenvalue weighted by molar-refractivity contribution is 7.99. The van der Waals surface area contributed by atoms with Gasteiger partial charge in [-0.2, -0.15) is 0 Å². The molecular formula is C25H27ClN2O2S. The van der Waals surface area contributed by atoms with Crippen molar-refractivity contribution >= 4 is 35.4 Å². The average Bonchev–Trinajstić information content (AvgIpc) is 3.14. The highest BCUT2D eigenvalue weighted by Crippen LogP contribution is 2.26. The van der Waals surface area contributed by atoms with Crippen LogP contribution >= 0.6 is 23.4 Å². The number of aromatic nitrogens is 2. The van der Waals surface area contributed by atoms with E-state index < -0.39 is 5.97 Å². The molecule has 0 saturated carbocycles. The maximum atomic E-state index is 12.0. The van der Waals surface area contributed by atoms with Crippen molar-refractivity contribution in [2.24, 2.45) is 0 Å². The Balaban J connectivity index is 1.93. The van der Waals surface area contributed by atoms with E-state index in [9.17, 15) is 9.90 Å². The van der Waals surface area contributed by atoms with E-state index in [0.29, 0.717) is 23.6 Å². The normalized spacial score (nSPS) is 11.6. The van der Waals surface area contributed by atoms with Crippen LogP contribution in [0.1, 0.15) is 43.0 Å². The van der Waals surface area contributed by atoms with Crippen molar-refractivity contribution in [3.05, 3.63) is 88.2 Å². The highest BCUT2D eigenvalue weighted by Gasteiger charge is 2.15. The lowest BCUT2D eigenvalue weighted by Crippen LogP contribution is -2.08. The largest absolute Gasteiger partial charge is 0.478 e. The second-order valence-corrected chi connectivity index (χ2v) is 8.81. The molecule has 0 aliphatic rings. The number of carboxylic acids is 1. The van der Waals surface area contributed by atoms with Gasteiger partial charge in [-0.15, -0.1) is 0 Å². The number of benzene rings is 2. The number of nitrogens with zero attached hydrogens (tertiary/aromatic N) is 2. The number of carboxylic acid groups (broad SMARTS) is 1. The predicted octanol–water partition coefficient (Wildman–Crippen LogP) is 6.58. The number of hydrogen-bond donors (Lipinski definition) is 1. The van der Waals surface area contributed by atoms with Crippen molar-refractivity contribution in [3.63, 3.8) is 0 Å². The van der Waals surface area contributed by atoms with Crippen molar-refractivity contribution in [2.45, 2.75) is 44.3 Å². The third-order valence-corrected chi connectivity index (χ3v) is 6.39. The molecule has 0 unspecified atom stereocenters. The van der Waals surface area contributed by atoms with Crippen LogP contribution in [0.3, 0.4) is 0 Å². The lowest BCUT2D eigenvalue weighted by atomic mass is 10.0. The van der Waals surface area contributed by atoms with Crippen molar-refractivity contribution in [3.8, 4) is 0 Å². The number of thioether (sulfide) groups is 1. The van der Waals surface area contributed by atoms with E-state index in [2.05, 4.69) is 16.5 Å². The Morgan fingerprint density at radius 2 is 1.87 bits per heavy atom. The van der Waals surface area contributed by atoms with E-state index in [4.69, 9.17) is 11.6 Å². The molecule has 0 saturated heterocycles. The number of unbranched alkanes of at least 4 members (excludes halogenated alkanes) is 2. The minimum Gasteiger partial charge on any atom is -0.478 e. The average molecular weight is 455 g/mol. The molecule has 6 heteroatoms. The van der Waals surface area contributed by atoms with Crippen LogP contribution in [0.25, 0.3) is 6.08 Å². The first-order valence-corrected chi connectivity index (χ1v) is 11.8. The number of carbonyl (C=O) groups is 1. The molecule has 0 radical (unpaired) electrons. The summed E-state index contributed by atoms with van der Waals surface area (Å²) in [5.74, 6) is 0.0540. The summed E-state index contributed by atoms with van der Waals surface area (Å²) in [6.45, 7) is 2.73. The van der Waals surface area contributed by atoms with Gasteiger partial charge in [0.15, 0.2) is 5.16 Å². The number of imidazole rings is 1. The van der Waals surface area contributed by atoms with Gasteiger partial charge in [-0.05, 0) is 29.7 Å². The fraction of sp³-hybridized carbons (Fsp3) is 0.280. The van der Waals surface area contributed by atoms with Gasteiger partial charge in [0.1, 0.15) is 0 Å². The molecule has 0 spiro atoms. The summed E-state index contributed by atoms with van der Waals surface area (Å²) in [7, 11) is 0. The summed E-state index contributed by atoms with van der Waals surface area (Å²) in [6.07, 6.45) is 7.32. The summed E-state index contributed by atoms with van der Waals surface area (Å²) in [5.41, 5.74) is 3.04. The maximum Gasteiger partial charge on any atom is 0.331 e. The van der Waals surface area contributed by atoms with Gasteiger partial charge < -0.3 is 9.67 Å². The van der Waals surface area contributed by atoms with Crippen molar-refractivity contribution in [1.29, 1.82) is 0 Å². The first-order chi connectivity index (χ1) is 15.1. The van der Waals surface area contributed by atoms with E-state index in [0.717, 1.165) is 34.2 Å². The number of aliphatic carboxylic acids is 1. The number of rotatable bonds is 11. The predicted molar refractivity (Wildman–Crippen MR) is 129 cm³/mol. The second-order valence-electron chi connectivity index (χ2n) is 7.34. The van der Waals surface area contributed by atoms with Crippen LogP contribution < -0.4 is 0 Å². The van der Waals surface area contributed by atoms with Gasteiger partial charge >= 0.3 is 5.97 Å². The first-order valence-electron chi connectivity index (χ1n) is 10.5. The minimum atomic E-state index is -0.925. The molecule has 0 bridgehead atoms. The van der Waals surface area contributed by atoms with Gasteiger partial charge in [0, 0.05) is 22.8 Å². The molecule has 31 heavy (non-hydrogen) atoms. The van der Waals surface area contributed by atoms with Crippen molar-refractivity contribution in [1.82, 2.24) is 9.55 Å². The lowest BCUT2D eigenvalue weighted by Gasteiger charge is -2.12. The molecule has 0 fully saturated rings. The molecule has 0 atom stereocenters. The summed E-state index contributed by atoms with van der Waals surface area (Å²) in [5, 5.41) is 11.4. The van der Waals surface area contributed by atoms with Crippen LogP contribution in [0.4, 0.5) is 0 Å². The third kappa shape index (κ3) is 6.74. The summed E-state index contributed by atoms with van der Waals surface area (Å²) in [4.78, 5) is 16.6. The molecule has 0 aliphatic carbocycles. The smallest absolute Gasteiger partial charge is 0.331 e. The Morgan fingerprint density at radius 1 is 1.13 bits per heavy atom. The Kier molecular flexibility index (Phi) is 8.80. The lowest BCUT2D eigenvalue weighted by molar-refractivity contribution is -0.132. The molecule has 1 aromatic heterocycles. The zero-order chi connectivity index (χ0) is 22.1. The Morgan fingerprint density at radius 3 is 2.58 bits per heavy atom. The SMILES string of the molecule is CCCCCSc1ncc(/C=C(\Cc2ccccc2)C(=O)O)n1Cc1ccccc1Cl. The molecule has 3 rings (SSSR count). The summed E-state index contributed by atoms with van der Waals surface area (Å²) < 4.78 is 2.06. The third-order valence-electron chi connectivity index (χ3n) is 4.95. The molecular weight excluding hydrogens is 428 g/mol. The molecule has 3 aromatic rings. The monoisotopic (exact) mass is 454 g/mol. The van der Waals surface area contributed by atoms with Crippen LogP contribution in [-0.2, 0) is 17.8 Å². The zero-order valence-electron chi connectivity index (χ0n) is 17.6. The van der Waals surface area contributed by atoms with E-state index in [1.807, 2.05) is 54.6 Å².